The van der Waals surface area contributed by atoms with Gasteiger partial charge in [-0.3, -0.25) is 4.79 Å². The zero-order valence-electron chi connectivity index (χ0n) is 10.5. The minimum absolute atomic E-state index is 0.256. The first-order valence-corrected chi connectivity index (χ1v) is 5.67. The Morgan fingerprint density at radius 3 is 2.76 bits per heavy atom. The molecule has 2 N–H and O–H groups in total. The van der Waals surface area contributed by atoms with Crippen molar-refractivity contribution in [3.63, 3.8) is 0 Å². The third kappa shape index (κ3) is 3.28. The van der Waals surface area contributed by atoms with Crippen LogP contribution in [0.4, 0.5) is 0 Å². The van der Waals surface area contributed by atoms with Crippen molar-refractivity contribution in [3.05, 3.63) is 29.3 Å². The summed E-state index contributed by atoms with van der Waals surface area (Å²) in [5.74, 6) is 0.504. The maximum absolute atomic E-state index is 11.9. The minimum Gasteiger partial charge on any atom is -0.496 e. The largest absolute Gasteiger partial charge is 0.496 e. The van der Waals surface area contributed by atoms with Gasteiger partial charge in [0.05, 0.1) is 7.11 Å². The number of Topliss-reactive ketones (excluding diaryl/α,β-unsaturated/α-hetero) is 1. The van der Waals surface area contributed by atoms with Gasteiger partial charge in [-0.25, -0.2) is 0 Å². The number of aliphatic hydroxyl groups excluding tert-OH is 1. The first kappa shape index (κ1) is 13.7. The van der Waals surface area contributed by atoms with Gasteiger partial charge in [-0.15, -0.1) is 0 Å². The van der Waals surface area contributed by atoms with E-state index >= 15 is 0 Å². The number of ketones is 1. The van der Waals surface area contributed by atoms with Crippen LogP contribution in [0, 0.1) is 0 Å². The van der Waals surface area contributed by atoms with Gasteiger partial charge in [0.2, 0.25) is 0 Å². The summed E-state index contributed by atoms with van der Waals surface area (Å²) in [6.07, 6.45) is -0.218. The first-order chi connectivity index (χ1) is 8.13. The predicted molar refractivity (Wildman–Crippen MR) is 66.6 cm³/mol. The Morgan fingerprint density at radius 2 is 2.24 bits per heavy atom. The maximum atomic E-state index is 11.9. The molecule has 4 nitrogen and oxygen atoms in total. The van der Waals surface area contributed by atoms with E-state index in [1.54, 1.807) is 32.4 Å². The van der Waals surface area contributed by atoms with Crippen LogP contribution in [-0.2, 0) is 6.42 Å². The summed E-state index contributed by atoms with van der Waals surface area (Å²) in [4.78, 5) is 11.9. The quantitative estimate of drug-likeness (QED) is 0.725. The number of carbonyl (C=O) groups is 1. The number of carbonyl (C=O) groups excluding carboxylic acids is 1. The number of methoxy groups -OCH3 is 1. The SMILES string of the molecule is CCc1cc(C(=O)C(O)CNC)ccc1OC. The second kappa shape index (κ2) is 6.37. The molecule has 1 atom stereocenters. The first-order valence-electron chi connectivity index (χ1n) is 5.67. The van der Waals surface area contributed by atoms with Crippen molar-refractivity contribution in [2.75, 3.05) is 20.7 Å². The molecule has 1 aromatic rings. The van der Waals surface area contributed by atoms with Gasteiger partial charge in [-0.2, -0.15) is 0 Å². The molecule has 94 valence electrons. The van der Waals surface area contributed by atoms with Crippen molar-refractivity contribution in [3.8, 4) is 5.75 Å². The van der Waals surface area contributed by atoms with Crippen LogP contribution >= 0.6 is 0 Å². The van der Waals surface area contributed by atoms with Gasteiger partial charge < -0.3 is 15.2 Å². The van der Waals surface area contributed by atoms with Crippen LogP contribution in [0.3, 0.4) is 0 Å². The summed E-state index contributed by atoms with van der Waals surface area (Å²) in [5.41, 5.74) is 1.49. The molecule has 0 fully saturated rings. The minimum atomic E-state index is -1.00. The summed E-state index contributed by atoms with van der Waals surface area (Å²) in [6.45, 7) is 2.25. The number of likely N-dealkylation sites (N-methyl/N-ethyl adjacent to an activating group) is 1. The van der Waals surface area contributed by atoms with E-state index in [4.69, 9.17) is 4.74 Å². The van der Waals surface area contributed by atoms with Gasteiger partial charge in [-0.1, -0.05) is 6.92 Å². The monoisotopic (exact) mass is 237 g/mol. The fourth-order valence-electron chi connectivity index (χ4n) is 1.69. The molecule has 0 spiro atoms. The average molecular weight is 237 g/mol. The molecule has 0 bridgehead atoms. The molecule has 1 aromatic carbocycles. The van der Waals surface area contributed by atoms with Crippen molar-refractivity contribution in [2.45, 2.75) is 19.4 Å². The van der Waals surface area contributed by atoms with Gasteiger partial charge in [0.15, 0.2) is 5.78 Å². The molecule has 0 heterocycles. The van der Waals surface area contributed by atoms with E-state index < -0.39 is 6.10 Å². The zero-order chi connectivity index (χ0) is 12.8. The van der Waals surface area contributed by atoms with Crippen molar-refractivity contribution >= 4 is 5.78 Å². The number of benzene rings is 1. The summed E-state index contributed by atoms with van der Waals surface area (Å²) >= 11 is 0. The second-order valence-electron chi connectivity index (χ2n) is 3.82. The summed E-state index contributed by atoms with van der Waals surface area (Å²) in [6, 6.07) is 5.22. The average Bonchev–Trinajstić information content (AvgIpc) is 2.37. The van der Waals surface area contributed by atoms with Crippen LogP contribution < -0.4 is 10.1 Å². The topological polar surface area (TPSA) is 58.6 Å². The van der Waals surface area contributed by atoms with E-state index in [2.05, 4.69) is 5.32 Å². The highest BCUT2D eigenvalue weighted by Gasteiger charge is 2.17. The van der Waals surface area contributed by atoms with Crippen LogP contribution in [0.25, 0.3) is 0 Å². The van der Waals surface area contributed by atoms with Crippen LogP contribution in [-0.4, -0.2) is 37.7 Å². The normalized spacial score (nSPS) is 12.2. The Hall–Kier alpha value is -1.39. The van der Waals surface area contributed by atoms with Crippen LogP contribution in [0.5, 0.6) is 5.75 Å². The third-order valence-corrected chi connectivity index (χ3v) is 2.65. The molecule has 0 aliphatic rings. The van der Waals surface area contributed by atoms with Gasteiger partial charge in [-0.05, 0) is 37.2 Å². The van der Waals surface area contributed by atoms with E-state index in [0.29, 0.717) is 5.56 Å². The molecule has 17 heavy (non-hydrogen) atoms. The molecule has 0 aliphatic heterocycles. The van der Waals surface area contributed by atoms with Crippen LogP contribution in [0.15, 0.2) is 18.2 Å². The molecule has 1 unspecified atom stereocenters. The molecule has 0 radical (unpaired) electrons. The van der Waals surface area contributed by atoms with Crippen molar-refractivity contribution < 1.29 is 14.6 Å². The Balaban J connectivity index is 2.95. The number of rotatable bonds is 6. The van der Waals surface area contributed by atoms with Crippen LogP contribution in [0.2, 0.25) is 0 Å². The Labute approximate surface area is 102 Å². The molecule has 0 amide bonds. The number of aryl methyl sites for hydroxylation is 1. The maximum Gasteiger partial charge on any atom is 0.192 e. The lowest BCUT2D eigenvalue weighted by molar-refractivity contribution is 0.0750. The summed E-state index contributed by atoms with van der Waals surface area (Å²) in [7, 11) is 3.30. The lowest BCUT2D eigenvalue weighted by Gasteiger charge is -2.11. The fourth-order valence-corrected chi connectivity index (χ4v) is 1.69. The molecule has 1 rings (SSSR count). The Kier molecular flexibility index (Phi) is 5.12. The molecular formula is C13H19NO3. The molecule has 0 aromatic heterocycles. The van der Waals surface area contributed by atoms with Gasteiger partial charge in [0.1, 0.15) is 11.9 Å². The van der Waals surface area contributed by atoms with Gasteiger partial charge >= 0.3 is 0 Å². The molecule has 0 saturated heterocycles. The highest BCUT2D eigenvalue weighted by molar-refractivity contribution is 5.99. The highest BCUT2D eigenvalue weighted by Crippen LogP contribution is 2.21. The van der Waals surface area contributed by atoms with E-state index in [1.165, 1.54) is 0 Å². The zero-order valence-corrected chi connectivity index (χ0v) is 10.5. The second-order valence-corrected chi connectivity index (χ2v) is 3.82. The van der Waals surface area contributed by atoms with Crippen molar-refractivity contribution in [1.82, 2.24) is 5.32 Å². The number of hydrogen-bond acceptors (Lipinski definition) is 4. The molecular weight excluding hydrogens is 218 g/mol. The van der Waals surface area contributed by atoms with E-state index in [9.17, 15) is 9.90 Å². The number of nitrogens with one attached hydrogen (secondary N) is 1. The van der Waals surface area contributed by atoms with Gasteiger partial charge in [0.25, 0.3) is 0 Å². The Morgan fingerprint density at radius 1 is 1.53 bits per heavy atom. The van der Waals surface area contributed by atoms with E-state index in [0.717, 1.165) is 17.7 Å². The predicted octanol–water partition coefficient (Wildman–Crippen LogP) is 1.02. The standard InChI is InChI=1S/C13H19NO3/c1-4-9-7-10(5-6-12(9)17-3)13(16)11(15)8-14-2/h5-7,11,14-15H,4,8H2,1-3H3. The van der Waals surface area contributed by atoms with Gasteiger partial charge in [0, 0.05) is 12.1 Å². The lowest BCUT2D eigenvalue weighted by Crippen LogP contribution is -2.31. The smallest absolute Gasteiger partial charge is 0.192 e. The molecule has 4 heteroatoms. The number of ether oxygens (including phenoxy) is 1. The number of hydrogen-bond donors (Lipinski definition) is 2. The number of aliphatic hydroxyl groups is 1. The fraction of sp³-hybridized carbons (Fsp3) is 0.462. The van der Waals surface area contributed by atoms with Crippen molar-refractivity contribution in [1.29, 1.82) is 0 Å². The van der Waals surface area contributed by atoms with E-state index in [1.807, 2.05) is 6.92 Å². The highest BCUT2D eigenvalue weighted by atomic mass is 16.5. The van der Waals surface area contributed by atoms with Crippen molar-refractivity contribution in [2.24, 2.45) is 0 Å². The van der Waals surface area contributed by atoms with Crippen LogP contribution in [0.1, 0.15) is 22.8 Å². The summed E-state index contributed by atoms with van der Waals surface area (Å²) in [5, 5.41) is 12.4. The molecule has 0 saturated carbocycles. The molecule has 0 aliphatic carbocycles. The lowest BCUT2D eigenvalue weighted by atomic mass is 10.0. The Bertz CT molecular complexity index is 390. The summed E-state index contributed by atoms with van der Waals surface area (Å²) < 4.78 is 5.19. The van der Waals surface area contributed by atoms with E-state index in [-0.39, 0.29) is 12.3 Å². The third-order valence-electron chi connectivity index (χ3n) is 2.65.